The molecule has 5 N–H and O–H groups in total. The number of nitrogens with two attached hydrogens (primary N) is 1. The fourth-order valence-electron chi connectivity index (χ4n) is 2.52. The summed E-state index contributed by atoms with van der Waals surface area (Å²) in [6.07, 6.45) is 0. The summed E-state index contributed by atoms with van der Waals surface area (Å²) in [7, 11) is 0. The third-order valence-electron chi connectivity index (χ3n) is 3.57. The minimum atomic E-state index is -0.00319. The molecular weight excluding hydrogens is 326 g/mol. The average molecular weight is 349 g/mol. The summed E-state index contributed by atoms with van der Waals surface area (Å²) in [4.78, 5) is 6.03. The maximum Gasteiger partial charge on any atom is 0.0715 e. The van der Waals surface area contributed by atoms with Gasteiger partial charge in [-0.1, -0.05) is 0 Å². The van der Waals surface area contributed by atoms with Crippen molar-refractivity contribution in [2.24, 2.45) is 4.99 Å². The first-order valence-electron chi connectivity index (χ1n) is 7.79. The minimum absolute atomic E-state index is 0.00172. The van der Waals surface area contributed by atoms with Crippen molar-refractivity contribution in [3.05, 3.63) is 34.7 Å². The van der Waals surface area contributed by atoms with Crippen molar-refractivity contribution in [2.75, 3.05) is 55.8 Å². The Morgan fingerprint density at radius 1 is 1.17 bits per heavy atom. The first kappa shape index (κ1) is 18.6. The van der Waals surface area contributed by atoms with Gasteiger partial charge in [-0.2, -0.15) is 0 Å². The third-order valence-corrected chi connectivity index (χ3v) is 4.43. The number of anilines is 2. The highest BCUT2D eigenvalue weighted by Gasteiger charge is 2.20. The molecule has 0 aromatic heterocycles. The smallest absolute Gasteiger partial charge is 0.0715 e. The summed E-state index contributed by atoms with van der Waals surface area (Å²) in [6, 6.07) is 5.61. The fraction of sp³-hybridized carbons (Fsp3) is 0.412. The Hall–Kier alpha value is -1.76. The zero-order valence-corrected chi connectivity index (χ0v) is 14.3. The Morgan fingerprint density at radius 3 is 2.58 bits per heavy atom. The summed E-state index contributed by atoms with van der Waals surface area (Å²) in [5, 5.41) is 29.5. The molecule has 0 fully saturated rings. The molecule has 0 saturated heterocycles. The normalized spacial score (nSPS) is 13.6. The van der Waals surface area contributed by atoms with Crippen molar-refractivity contribution >= 4 is 34.6 Å². The third kappa shape index (κ3) is 4.63. The van der Waals surface area contributed by atoms with Crippen molar-refractivity contribution < 1.29 is 15.3 Å². The van der Waals surface area contributed by atoms with E-state index in [9.17, 15) is 10.2 Å². The van der Waals surface area contributed by atoms with Gasteiger partial charge in [-0.3, -0.25) is 0 Å². The van der Waals surface area contributed by atoms with E-state index in [-0.39, 0.29) is 19.8 Å². The zero-order chi connectivity index (χ0) is 17.4. The number of hydrogen-bond acceptors (Lipinski definition) is 7. The quantitative estimate of drug-likeness (QED) is 0.408. The average Bonchev–Trinajstić information content (AvgIpc) is 3.03. The number of rotatable bonds is 8. The molecule has 1 aromatic rings. The van der Waals surface area contributed by atoms with Crippen LogP contribution in [0.4, 0.5) is 11.4 Å². The molecule has 130 valence electrons. The predicted octanol–water partition coefficient (Wildman–Crippen LogP) is 0.736. The lowest BCUT2D eigenvalue weighted by atomic mass is 9.98. The first-order chi connectivity index (χ1) is 11.7. The summed E-state index contributed by atoms with van der Waals surface area (Å²) >= 11 is 1.65. The van der Waals surface area contributed by atoms with Crippen LogP contribution in [0.25, 0.3) is 5.57 Å². The highest BCUT2D eigenvalue weighted by molar-refractivity contribution is 8.02. The number of aliphatic hydroxyl groups excluding tert-OH is 3. The second kappa shape index (κ2) is 9.52. The van der Waals surface area contributed by atoms with Crippen molar-refractivity contribution in [2.45, 2.75) is 0 Å². The van der Waals surface area contributed by atoms with Gasteiger partial charge in [0.1, 0.15) is 0 Å². The first-order valence-corrected chi connectivity index (χ1v) is 8.84. The molecule has 1 aliphatic rings. The van der Waals surface area contributed by atoms with Crippen molar-refractivity contribution in [1.29, 1.82) is 0 Å². The van der Waals surface area contributed by atoms with Crippen LogP contribution in [0.2, 0.25) is 0 Å². The van der Waals surface area contributed by atoms with E-state index in [0.717, 1.165) is 28.1 Å². The number of aliphatic imine (C=N–C) groups is 1. The van der Waals surface area contributed by atoms with E-state index in [1.807, 2.05) is 28.5 Å². The number of hydrogen-bond donors (Lipinski definition) is 4. The lowest BCUT2D eigenvalue weighted by molar-refractivity contribution is 0.281. The van der Waals surface area contributed by atoms with Crippen LogP contribution in [-0.2, 0) is 0 Å². The van der Waals surface area contributed by atoms with E-state index < -0.39 is 0 Å². The van der Waals surface area contributed by atoms with Gasteiger partial charge >= 0.3 is 0 Å². The van der Waals surface area contributed by atoms with E-state index >= 15 is 0 Å². The molecule has 0 unspecified atom stereocenters. The minimum Gasteiger partial charge on any atom is -0.399 e. The van der Waals surface area contributed by atoms with Gasteiger partial charge in [-0.25, -0.2) is 4.99 Å². The Kier molecular flexibility index (Phi) is 7.36. The number of allylic oxidation sites excluding steroid dienone is 1. The standard InChI is InChI=1S/C17H23N3O3S/c18-14-1-2-17(20(4-7-22)5-8-23)15(9-14)16-12-24-11-13(16)10-19-3-6-21/h1-2,9,12,21-23H,3-8,11,18H2. The van der Waals surface area contributed by atoms with Gasteiger partial charge in [0.25, 0.3) is 0 Å². The van der Waals surface area contributed by atoms with Crippen LogP contribution in [0.3, 0.4) is 0 Å². The molecular formula is C17H23N3O3S. The molecule has 1 heterocycles. The van der Waals surface area contributed by atoms with Gasteiger partial charge in [-0.15, -0.1) is 11.8 Å². The van der Waals surface area contributed by atoms with Gasteiger partial charge in [0, 0.05) is 46.9 Å². The molecule has 0 amide bonds. The Labute approximate surface area is 146 Å². The number of aliphatic hydroxyl groups is 3. The van der Waals surface area contributed by atoms with Gasteiger partial charge in [0.05, 0.1) is 26.4 Å². The van der Waals surface area contributed by atoms with Crippen molar-refractivity contribution in [3.8, 4) is 0 Å². The second-order valence-corrected chi connectivity index (χ2v) is 6.11. The van der Waals surface area contributed by atoms with Gasteiger partial charge < -0.3 is 26.0 Å². The topological polar surface area (TPSA) is 102 Å². The van der Waals surface area contributed by atoms with Crippen LogP contribution in [0.5, 0.6) is 0 Å². The molecule has 0 atom stereocenters. The molecule has 0 spiro atoms. The van der Waals surface area contributed by atoms with Crippen LogP contribution in [0, 0.1) is 0 Å². The van der Waals surface area contributed by atoms with E-state index in [1.54, 1.807) is 11.8 Å². The zero-order valence-electron chi connectivity index (χ0n) is 13.5. The Bertz CT molecular complexity index is 648. The van der Waals surface area contributed by atoms with E-state index in [2.05, 4.69) is 10.9 Å². The van der Waals surface area contributed by atoms with Gasteiger partial charge in [0.15, 0.2) is 0 Å². The SMILES string of the molecule is Nc1ccc(N(CCO)CCO)c(C2=CSCC2=C=NCCO)c1. The second-order valence-electron chi connectivity index (χ2n) is 5.25. The summed E-state index contributed by atoms with van der Waals surface area (Å²) in [6.45, 7) is 1.17. The van der Waals surface area contributed by atoms with Gasteiger partial charge in [0.2, 0.25) is 0 Å². The number of benzene rings is 1. The fourth-order valence-corrected chi connectivity index (χ4v) is 3.42. The maximum atomic E-state index is 9.31. The molecule has 0 saturated carbocycles. The summed E-state index contributed by atoms with van der Waals surface area (Å²) in [5.74, 6) is 3.78. The van der Waals surface area contributed by atoms with Crippen LogP contribution in [-0.4, -0.2) is 66.4 Å². The van der Waals surface area contributed by atoms with Crippen molar-refractivity contribution in [1.82, 2.24) is 0 Å². The van der Waals surface area contributed by atoms with Crippen LogP contribution >= 0.6 is 11.8 Å². The van der Waals surface area contributed by atoms with E-state index in [1.165, 1.54) is 0 Å². The van der Waals surface area contributed by atoms with E-state index in [4.69, 9.17) is 10.8 Å². The lowest BCUT2D eigenvalue weighted by Crippen LogP contribution is -2.30. The monoisotopic (exact) mass is 349 g/mol. The lowest BCUT2D eigenvalue weighted by Gasteiger charge is -2.26. The van der Waals surface area contributed by atoms with Crippen LogP contribution in [0.15, 0.2) is 34.2 Å². The molecule has 2 rings (SSSR count). The molecule has 1 aliphatic heterocycles. The molecule has 0 radical (unpaired) electrons. The number of nitrogens with zero attached hydrogens (tertiary/aromatic N) is 2. The molecule has 7 heteroatoms. The van der Waals surface area contributed by atoms with Crippen LogP contribution in [0.1, 0.15) is 5.56 Å². The van der Waals surface area contributed by atoms with Crippen molar-refractivity contribution in [3.63, 3.8) is 0 Å². The Balaban J connectivity index is 2.45. The maximum absolute atomic E-state index is 9.31. The van der Waals surface area contributed by atoms with Crippen LogP contribution < -0.4 is 10.6 Å². The summed E-state index contributed by atoms with van der Waals surface area (Å²) < 4.78 is 0. The van der Waals surface area contributed by atoms with E-state index in [0.29, 0.717) is 25.3 Å². The molecule has 24 heavy (non-hydrogen) atoms. The summed E-state index contributed by atoms with van der Waals surface area (Å²) in [5.41, 5.74) is 10.4. The number of thioether (sulfide) groups is 1. The highest BCUT2D eigenvalue weighted by atomic mass is 32.2. The Morgan fingerprint density at radius 2 is 1.92 bits per heavy atom. The molecule has 6 nitrogen and oxygen atoms in total. The molecule has 0 aliphatic carbocycles. The largest absolute Gasteiger partial charge is 0.399 e. The molecule has 0 bridgehead atoms. The van der Waals surface area contributed by atoms with Gasteiger partial charge in [-0.05, 0) is 29.5 Å². The predicted molar refractivity (Wildman–Crippen MR) is 101 cm³/mol. The molecule has 1 aromatic carbocycles. The number of nitrogen functional groups attached to an aromatic ring is 1. The highest BCUT2D eigenvalue weighted by Crippen LogP contribution is 2.39.